The van der Waals surface area contributed by atoms with Gasteiger partial charge >= 0.3 is 0 Å². The molecule has 1 amide bonds. The topological polar surface area (TPSA) is 103 Å². The molecule has 5 rings (SSSR count). The van der Waals surface area contributed by atoms with Gasteiger partial charge in [-0.1, -0.05) is 35.9 Å². The van der Waals surface area contributed by atoms with E-state index in [0.29, 0.717) is 17.1 Å². The van der Waals surface area contributed by atoms with Gasteiger partial charge in [0.2, 0.25) is 5.88 Å². The van der Waals surface area contributed by atoms with Crippen LogP contribution in [0.3, 0.4) is 0 Å². The quantitative estimate of drug-likeness (QED) is 0.281. The van der Waals surface area contributed by atoms with Crippen LogP contribution >= 0.6 is 0 Å². The number of sulfonamides is 1. The predicted octanol–water partition coefficient (Wildman–Crippen LogP) is 6.03. The van der Waals surface area contributed by atoms with Crippen LogP contribution in [-0.2, 0) is 17.1 Å². The third kappa shape index (κ3) is 5.13. The number of hydrogen-bond donors (Lipinski definition) is 1. The zero-order chi connectivity index (χ0) is 27.9. The van der Waals surface area contributed by atoms with Crippen molar-refractivity contribution in [3.8, 4) is 22.9 Å². The number of fused-ring (bicyclic) bond motifs is 1. The zero-order valence-electron chi connectivity index (χ0n) is 22.3. The summed E-state index contributed by atoms with van der Waals surface area (Å²) in [6, 6.07) is 19.7. The smallest absolute Gasteiger partial charge is 0.281 e. The van der Waals surface area contributed by atoms with Crippen molar-refractivity contribution >= 4 is 26.8 Å². The summed E-state index contributed by atoms with van der Waals surface area (Å²) in [4.78, 5) is 22.2. The van der Waals surface area contributed by atoms with Crippen molar-refractivity contribution in [2.45, 2.75) is 32.7 Å². The van der Waals surface area contributed by atoms with Crippen LogP contribution in [0.15, 0.2) is 78.0 Å². The minimum absolute atomic E-state index is 0. The number of nitrogens with zero attached hydrogens (tertiary/aromatic N) is 3. The van der Waals surface area contributed by atoms with Gasteiger partial charge in [0, 0.05) is 36.8 Å². The number of nitrogens with one attached hydrogen (secondary N) is 1. The van der Waals surface area contributed by atoms with E-state index < -0.39 is 15.9 Å². The molecular formula is C30H30N4O4S. The molecule has 0 aliphatic rings. The highest BCUT2D eigenvalue weighted by molar-refractivity contribution is 7.90. The fraction of sp³-hybridized carbons (Fsp3) is 0.167. The Hall–Kier alpha value is -4.50. The average molecular weight is 543 g/mol. The van der Waals surface area contributed by atoms with Gasteiger partial charge in [0.15, 0.2) is 5.03 Å². The number of rotatable bonds is 6. The summed E-state index contributed by atoms with van der Waals surface area (Å²) < 4.78 is 36.3. The molecule has 0 aliphatic heterocycles. The first-order valence-corrected chi connectivity index (χ1v) is 13.8. The largest absolute Gasteiger partial charge is 0.438 e. The second kappa shape index (κ2) is 9.99. The molecule has 3 heterocycles. The Morgan fingerprint density at radius 2 is 1.64 bits per heavy atom. The van der Waals surface area contributed by atoms with Crippen molar-refractivity contribution in [3.05, 3.63) is 101 Å². The molecule has 2 aromatic carbocycles. The molecule has 1 N–H and O–H groups in total. The first kappa shape index (κ1) is 26.1. The van der Waals surface area contributed by atoms with E-state index in [1.165, 1.54) is 12.1 Å². The number of ether oxygens (including phenoxy) is 1. The number of amides is 1. The number of pyridine rings is 2. The summed E-state index contributed by atoms with van der Waals surface area (Å²) in [5.41, 5.74) is 5.78. The predicted molar refractivity (Wildman–Crippen MR) is 153 cm³/mol. The molecule has 39 heavy (non-hydrogen) atoms. The van der Waals surface area contributed by atoms with Crippen molar-refractivity contribution in [3.63, 3.8) is 0 Å². The standard InChI is InChI=1S/C30H28N4O4S.H2/c1-18-16-19(2)28(20(3)17-18)38-30-24(29(35)33-39(36,37)27-11-6-8-21(4)31-27)12-13-25(32-30)22-9-7-10-26-23(22)14-15-34(26)5;/h6-17H,1-5H3,(H,33,35);1H. The van der Waals surface area contributed by atoms with Gasteiger partial charge < -0.3 is 9.30 Å². The Labute approximate surface area is 228 Å². The van der Waals surface area contributed by atoms with Crippen molar-refractivity contribution in [2.24, 2.45) is 7.05 Å². The minimum Gasteiger partial charge on any atom is -0.438 e. The van der Waals surface area contributed by atoms with Gasteiger partial charge in [-0.25, -0.2) is 14.7 Å². The van der Waals surface area contributed by atoms with E-state index in [2.05, 4.69) is 9.71 Å². The Kier molecular flexibility index (Phi) is 6.69. The second-order valence-electron chi connectivity index (χ2n) is 9.60. The minimum atomic E-state index is -4.23. The van der Waals surface area contributed by atoms with Gasteiger partial charge in [-0.2, -0.15) is 8.42 Å². The summed E-state index contributed by atoms with van der Waals surface area (Å²) >= 11 is 0. The number of carbonyl (C=O) groups excluding carboxylic acids is 1. The highest BCUT2D eigenvalue weighted by Gasteiger charge is 2.25. The molecule has 0 radical (unpaired) electrons. The van der Waals surface area contributed by atoms with Gasteiger partial charge in [0.1, 0.15) is 11.3 Å². The second-order valence-corrected chi connectivity index (χ2v) is 11.2. The third-order valence-electron chi connectivity index (χ3n) is 6.48. The molecule has 3 aromatic heterocycles. The van der Waals surface area contributed by atoms with Gasteiger partial charge in [0.25, 0.3) is 15.9 Å². The lowest BCUT2D eigenvalue weighted by Crippen LogP contribution is -2.31. The average Bonchev–Trinajstić information content (AvgIpc) is 3.26. The SMILES string of the molecule is Cc1cc(C)c(Oc2nc(-c3cccc4c3ccn4C)ccc2C(=O)NS(=O)(=O)c2cccc(C)n2)c(C)c1.[HH]. The molecule has 0 saturated carbocycles. The molecule has 5 aromatic rings. The molecule has 0 fully saturated rings. The highest BCUT2D eigenvalue weighted by Crippen LogP contribution is 2.34. The van der Waals surface area contributed by atoms with Gasteiger partial charge in [-0.05, 0) is 75.2 Å². The summed E-state index contributed by atoms with van der Waals surface area (Å²) in [6.07, 6.45) is 1.97. The molecule has 0 aliphatic carbocycles. The monoisotopic (exact) mass is 542 g/mol. The van der Waals surface area contributed by atoms with Crippen LogP contribution < -0.4 is 9.46 Å². The summed E-state index contributed by atoms with van der Waals surface area (Å²) in [7, 11) is -2.26. The number of hydrogen-bond acceptors (Lipinski definition) is 6. The zero-order valence-corrected chi connectivity index (χ0v) is 23.1. The Morgan fingerprint density at radius 3 is 2.36 bits per heavy atom. The van der Waals surface area contributed by atoms with Crippen molar-refractivity contribution in [2.75, 3.05) is 0 Å². The van der Waals surface area contributed by atoms with E-state index in [1.54, 1.807) is 25.1 Å². The van der Waals surface area contributed by atoms with E-state index in [9.17, 15) is 13.2 Å². The highest BCUT2D eigenvalue weighted by atomic mass is 32.2. The maximum Gasteiger partial charge on any atom is 0.281 e. The Morgan fingerprint density at radius 1 is 0.923 bits per heavy atom. The maximum atomic E-state index is 13.4. The lowest BCUT2D eigenvalue weighted by atomic mass is 10.1. The lowest BCUT2D eigenvalue weighted by Gasteiger charge is -2.16. The van der Waals surface area contributed by atoms with Crippen LogP contribution in [0.4, 0.5) is 0 Å². The van der Waals surface area contributed by atoms with Crippen LogP contribution in [0.25, 0.3) is 22.2 Å². The van der Waals surface area contributed by atoms with Gasteiger partial charge in [-0.3, -0.25) is 4.79 Å². The van der Waals surface area contributed by atoms with Crippen LogP contribution in [0.2, 0.25) is 0 Å². The first-order chi connectivity index (χ1) is 18.5. The molecule has 9 heteroatoms. The normalized spacial score (nSPS) is 11.5. The van der Waals surface area contributed by atoms with Crippen molar-refractivity contribution in [1.82, 2.24) is 19.3 Å². The van der Waals surface area contributed by atoms with Crippen LogP contribution in [-0.4, -0.2) is 28.9 Å². The van der Waals surface area contributed by atoms with E-state index in [1.807, 2.05) is 75.0 Å². The summed E-state index contributed by atoms with van der Waals surface area (Å²) in [5.74, 6) is -0.312. The summed E-state index contributed by atoms with van der Waals surface area (Å²) in [5, 5.41) is 0.746. The molecule has 0 saturated heterocycles. The third-order valence-corrected chi connectivity index (χ3v) is 7.71. The lowest BCUT2D eigenvalue weighted by molar-refractivity contribution is 0.0978. The number of aromatic nitrogens is 3. The molecule has 8 nitrogen and oxygen atoms in total. The number of aryl methyl sites for hydroxylation is 5. The Bertz CT molecular complexity index is 1840. The van der Waals surface area contributed by atoms with Gasteiger partial charge in [-0.15, -0.1) is 0 Å². The summed E-state index contributed by atoms with van der Waals surface area (Å²) in [6.45, 7) is 7.50. The first-order valence-electron chi connectivity index (χ1n) is 12.4. The molecular weight excluding hydrogens is 512 g/mol. The van der Waals surface area contributed by atoms with Crippen LogP contribution in [0.1, 0.15) is 34.2 Å². The Balaban J connectivity index is 0.00000370. The molecule has 0 bridgehead atoms. The molecule has 0 spiro atoms. The number of carbonyl (C=O) groups is 1. The van der Waals surface area contributed by atoms with Crippen LogP contribution in [0.5, 0.6) is 11.6 Å². The fourth-order valence-corrected chi connectivity index (χ4v) is 5.67. The van der Waals surface area contributed by atoms with E-state index >= 15 is 0 Å². The van der Waals surface area contributed by atoms with Crippen molar-refractivity contribution in [1.29, 1.82) is 0 Å². The van der Waals surface area contributed by atoms with E-state index in [0.717, 1.165) is 33.2 Å². The molecule has 0 unspecified atom stereocenters. The fourth-order valence-electron chi connectivity index (χ4n) is 4.69. The van der Waals surface area contributed by atoms with E-state index in [4.69, 9.17) is 9.72 Å². The molecule has 200 valence electrons. The maximum absolute atomic E-state index is 13.4. The van der Waals surface area contributed by atoms with Crippen LogP contribution in [0, 0.1) is 27.7 Å². The van der Waals surface area contributed by atoms with Gasteiger partial charge in [0.05, 0.1) is 5.69 Å². The molecule has 0 atom stereocenters. The van der Waals surface area contributed by atoms with Crippen molar-refractivity contribution < 1.29 is 19.4 Å². The number of benzene rings is 2. The van der Waals surface area contributed by atoms with E-state index in [-0.39, 0.29) is 17.9 Å².